The van der Waals surface area contributed by atoms with Crippen molar-refractivity contribution in [1.82, 2.24) is 29.7 Å². The van der Waals surface area contributed by atoms with Gasteiger partial charge in [-0.05, 0) is 75.4 Å². The van der Waals surface area contributed by atoms with Crippen LogP contribution in [0.25, 0.3) is 16.8 Å². The molecule has 0 bridgehead atoms. The van der Waals surface area contributed by atoms with Gasteiger partial charge in [0.25, 0.3) is 0 Å². The fourth-order valence-electron chi connectivity index (χ4n) is 5.31. The third-order valence-electron chi connectivity index (χ3n) is 7.22. The van der Waals surface area contributed by atoms with Crippen LogP contribution in [-0.2, 0) is 30.6 Å². The minimum Gasteiger partial charge on any atom is -0.327 e. The fourth-order valence-corrected chi connectivity index (χ4v) is 5.56. The molecule has 0 spiro atoms. The van der Waals surface area contributed by atoms with Crippen molar-refractivity contribution in [2.75, 3.05) is 13.6 Å². The first kappa shape index (κ1) is 32.3. The average Bonchev–Trinajstić information content (AvgIpc) is 3.49. The largest absolute Gasteiger partial charge is 0.327 e. The summed E-state index contributed by atoms with van der Waals surface area (Å²) < 4.78 is 32.2. The van der Waals surface area contributed by atoms with Crippen molar-refractivity contribution in [3.05, 3.63) is 70.1 Å². The Balaban J connectivity index is 0.00000111. The lowest BCUT2D eigenvalue weighted by Gasteiger charge is -2.39. The van der Waals surface area contributed by atoms with Crippen LogP contribution < -0.4 is 11.1 Å². The van der Waals surface area contributed by atoms with Crippen LogP contribution in [0.3, 0.4) is 0 Å². The molecule has 0 radical (unpaired) electrons. The lowest BCUT2D eigenvalue weighted by atomic mass is 9.74. The molecule has 3 N–H and O–H groups in total. The van der Waals surface area contributed by atoms with Crippen molar-refractivity contribution >= 4 is 23.9 Å². The van der Waals surface area contributed by atoms with Crippen molar-refractivity contribution in [1.29, 1.82) is 0 Å². The van der Waals surface area contributed by atoms with E-state index in [-0.39, 0.29) is 11.9 Å². The first-order chi connectivity index (χ1) is 19.8. The van der Waals surface area contributed by atoms with Crippen LogP contribution >= 0.6 is 11.6 Å². The highest BCUT2D eigenvalue weighted by Gasteiger charge is 2.44. The summed E-state index contributed by atoms with van der Waals surface area (Å²) in [4.78, 5) is 12.2. The van der Waals surface area contributed by atoms with E-state index in [1.54, 1.807) is 16.8 Å². The van der Waals surface area contributed by atoms with E-state index in [2.05, 4.69) is 21.5 Å². The van der Waals surface area contributed by atoms with E-state index in [1.807, 2.05) is 45.5 Å². The SMILES string of the molecule is C=O.CC.CNCCn1nc(-c2cc(CCCc3ccc(F)cn3)c3c(Cl)cnn3c2)c(C)c1CC1(F)CC(N)C1. The maximum absolute atomic E-state index is 15.3. The van der Waals surface area contributed by atoms with E-state index in [0.717, 1.165) is 58.7 Å². The minimum atomic E-state index is -1.28. The van der Waals surface area contributed by atoms with Gasteiger partial charge >= 0.3 is 0 Å². The number of halogens is 3. The second-order valence-electron chi connectivity index (χ2n) is 10.1. The molecule has 1 aliphatic rings. The van der Waals surface area contributed by atoms with Gasteiger partial charge in [-0.15, -0.1) is 0 Å². The summed E-state index contributed by atoms with van der Waals surface area (Å²) in [6.45, 7) is 9.38. The van der Waals surface area contributed by atoms with Crippen LogP contribution in [0.1, 0.15) is 55.6 Å². The van der Waals surface area contributed by atoms with Gasteiger partial charge in [0.2, 0.25) is 0 Å². The van der Waals surface area contributed by atoms with Crippen molar-refractivity contribution in [2.45, 2.75) is 77.6 Å². The van der Waals surface area contributed by atoms with Crippen molar-refractivity contribution in [2.24, 2.45) is 5.73 Å². The van der Waals surface area contributed by atoms with Crippen molar-refractivity contribution in [3.63, 3.8) is 0 Å². The van der Waals surface area contributed by atoms with Crippen LogP contribution in [0, 0.1) is 12.7 Å². The Hall–Kier alpha value is -3.21. The van der Waals surface area contributed by atoms with Crippen LogP contribution in [0.5, 0.6) is 0 Å². The smallest absolute Gasteiger partial charge is 0.141 e. The average molecular weight is 588 g/mol. The monoisotopic (exact) mass is 587 g/mol. The molecule has 11 heteroatoms. The van der Waals surface area contributed by atoms with Gasteiger partial charge in [0, 0.05) is 42.2 Å². The molecule has 4 aromatic heterocycles. The number of nitrogens with zero attached hydrogens (tertiary/aromatic N) is 5. The second-order valence-corrected chi connectivity index (χ2v) is 10.5. The van der Waals surface area contributed by atoms with E-state index < -0.39 is 5.67 Å². The van der Waals surface area contributed by atoms with E-state index in [4.69, 9.17) is 27.2 Å². The highest BCUT2D eigenvalue weighted by molar-refractivity contribution is 6.34. The second kappa shape index (κ2) is 14.6. The van der Waals surface area contributed by atoms with Crippen LogP contribution in [-0.4, -0.2) is 56.5 Å². The number of pyridine rings is 2. The maximum Gasteiger partial charge on any atom is 0.141 e. The highest BCUT2D eigenvalue weighted by atomic mass is 35.5. The number of carbonyl (C=O) groups excluding carboxylic acids is 1. The van der Waals surface area contributed by atoms with Gasteiger partial charge in [-0.2, -0.15) is 10.2 Å². The summed E-state index contributed by atoms with van der Waals surface area (Å²) in [5.74, 6) is -0.341. The van der Waals surface area contributed by atoms with Gasteiger partial charge < -0.3 is 15.8 Å². The number of carbonyl (C=O) groups is 1. The van der Waals surface area contributed by atoms with Gasteiger partial charge in [0.15, 0.2) is 0 Å². The zero-order chi connectivity index (χ0) is 30.2. The molecule has 0 aliphatic heterocycles. The number of likely N-dealkylation sites (N-methyl/N-ethyl adjacent to an activating group) is 1. The van der Waals surface area contributed by atoms with E-state index in [1.165, 1.54) is 12.3 Å². The standard InChI is InChI=1S/C27H32ClF2N7.C2H6.CH2O/c1-17-24(13-27(30)11-21(31)12-27)36(9-8-32-2)35-25(17)19-10-18(26-23(28)15-34-37(26)16-19)4-3-5-22-7-6-20(29)14-33-22;2*1-2/h6-7,10,14-16,21,32H,3-5,8-9,11-13,31H2,1-2H3;1-2H3;1H2. The van der Waals surface area contributed by atoms with E-state index in [9.17, 15) is 4.39 Å². The zero-order valence-electron chi connectivity index (χ0n) is 24.3. The molecule has 0 aromatic carbocycles. The molecule has 4 aromatic rings. The van der Waals surface area contributed by atoms with Gasteiger partial charge in [0.05, 0.1) is 35.2 Å². The molecule has 8 nitrogen and oxygen atoms in total. The third-order valence-corrected chi connectivity index (χ3v) is 7.50. The quantitative estimate of drug-likeness (QED) is 0.261. The molecule has 4 heterocycles. The number of fused-ring (bicyclic) bond motifs is 1. The first-order valence-corrected chi connectivity index (χ1v) is 14.3. The molecule has 222 valence electrons. The molecule has 41 heavy (non-hydrogen) atoms. The molecular weight excluding hydrogens is 548 g/mol. The van der Waals surface area contributed by atoms with Crippen molar-refractivity contribution < 1.29 is 13.6 Å². The Morgan fingerprint density at radius 2 is 1.95 bits per heavy atom. The number of hydrogen-bond donors (Lipinski definition) is 2. The van der Waals surface area contributed by atoms with Crippen LogP contribution in [0.4, 0.5) is 8.78 Å². The zero-order valence-corrected chi connectivity index (χ0v) is 25.0. The molecule has 0 unspecified atom stereocenters. The Bertz CT molecular complexity index is 1410. The Morgan fingerprint density at radius 3 is 2.59 bits per heavy atom. The normalized spacial score (nSPS) is 17.8. The Morgan fingerprint density at radius 1 is 1.22 bits per heavy atom. The molecule has 0 amide bonds. The predicted octanol–water partition coefficient (Wildman–Crippen LogP) is 5.30. The Kier molecular flexibility index (Phi) is 11.5. The summed E-state index contributed by atoms with van der Waals surface area (Å²) >= 11 is 6.50. The molecule has 5 rings (SSSR count). The molecular formula is C30H40ClF2N7O. The van der Waals surface area contributed by atoms with Crippen molar-refractivity contribution in [3.8, 4) is 11.3 Å². The summed E-state index contributed by atoms with van der Waals surface area (Å²) in [5.41, 5.74) is 11.0. The summed E-state index contributed by atoms with van der Waals surface area (Å²) in [6.07, 6.45) is 8.13. The van der Waals surface area contributed by atoms with Gasteiger partial charge in [0.1, 0.15) is 18.3 Å². The summed E-state index contributed by atoms with van der Waals surface area (Å²) in [5, 5.41) is 13.1. The van der Waals surface area contributed by atoms with E-state index in [0.29, 0.717) is 37.3 Å². The predicted molar refractivity (Wildman–Crippen MR) is 160 cm³/mol. The van der Waals surface area contributed by atoms with Crippen LogP contribution in [0.15, 0.2) is 36.8 Å². The number of aryl methyl sites for hydroxylation is 2. The van der Waals surface area contributed by atoms with Gasteiger partial charge in [-0.25, -0.2) is 13.3 Å². The topological polar surface area (TPSA) is 103 Å². The fraction of sp³-hybridized carbons (Fsp3) is 0.467. The lowest BCUT2D eigenvalue weighted by molar-refractivity contribution is -0.0980. The van der Waals surface area contributed by atoms with Crippen LogP contribution in [0.2, 0.25) is 5.02 Å². The minimum absolute atomic E-state index is 0.0712. The summed E-state index contributed by atoms with van der Waals surface area (Å²) in [6, 6.07) is 5.17. The molecule has 1 saturated carbocycles. The number of aromatic nitrogens is 5. The number of alkyl halides is 1. The molecule has 0 atom stereocenters. The number of rotatable bonds is 10. The number of nitrogens with two attached hydrogens (primary N) is 1. The highest BCUT2D eigenvalue weighted by Crippen LogP contribution is 2.40. The number of nitrogens with one attached hydrogen (secondary N) is 1. The number of hydrogen-bond acceptors (Lipinski definition) is 6. The maximum atomic E-state index is 15.3. The Labute approximate surface area is 245 Å². The first-order valence-electron chi connectivity index (χ1n) is 14.0. The van der Waals surface area contributed by atoms with E-state index >= 15 is 4.39 Å². The third kappa shape index (κ3) is 7.55. The molecule has 1 aliphatic carbocycles. The van der Waals surface area contributed by atoms with Gasteiger partial charge in [-0.1, -0.05) is 25.4 Å². The van der Waals surface area contributed by atoms with Gasteiger partial charge in [-0.3, -0.25) is 9.67 Å². The lowest BCUT2D eigenvalue weighted by Crippen LogP contribution is -2.50. The molecule has 1 fully saturated rings. The molecule has 0 saturated heterocycles. The summed E-state index contributed by atoms with van der Waals surface area (Å²) in [7, 11) is 1.89.